The molecule has 1 aromatic carbocycles. The van der Waals surface area contributed by atoms with E-state index in [1.54, 1.807) is 0 Å². The van der Waals surface area contributed by atoms with Crippen molar-refractivity contribution in [3.05, 3.63) is 46.5 Å². The molecule has 0 aliphatic heterocycles. The standard InChI is InChI=1S/C13H17ClO/c1-4-9(2)8-13(15)11-6-5-7-12(14)10(11)3/h5-7,13,15H,2,4,8H2,1,3H3. The molecular weight excluding hydrogens is 208 g/mol. The summed E-state index contributed by atoms with van der Waals surface area (Å²) in [4.78, 5) is 0. The van der Waals surface area contributed by atoms with Gasteiger partial charge in [-0.3, -0.25) is 0 Å². The maximum absolute atomic E-state index is 10.0. The third kappa shape index (κ3) is 3.08. The molecule has 1 unspecified atom stereocenters. The van der Waals surface area contributed by atoms with E-state index < -0.39 is 6.10 Å². The lowest BCUT2D eigenvalue weighted by molar-refractivity contribution is 0.177. The van der Waals surface area contributed by atoms with Gasteiger partial charge in [-0.15, -0.1) is 0 Å². The van der Waals surface area contributed by atoms with Crippen molar-refractivity contribution in [2.45, 2.75) is 32.8 Å². The second kappa shape index (κ2) is 5.34. The fourth-order valence-electron chi connectivity index (χ4n) is 1.51. The number of aliphatic hydroxyl groups excluding tert-OH is 1. The molecule has 2 heteroatoms. The molecular formula is C13H17ClO. The van der Waals surface area contributed by atoms with Crippen LogP contribution in [0.4, 0.5) is 0 Å². The van der Waals surface area contributed by atoms with Crippen LogP contribution in [0.3, 0.4) is 0 Å². The highest BCUT2D eigenvalue weighted by Gasteiger charge is 2.12. The van der Waals surface area contributed by atoms with Gasteiger partial charge in [0.1, 0.15) is 0 Å². The lowest BCUT2D eigenvalue weighted by Gasteiger charge is -2.15. The molecule has 82 valence electrons. The van der Waals surface area contributed by atoms with Crippen LogP contribution < -0.4 is 0 Å². The Morgan fingerprint density at radius 3 is 2.80 bits per heavy atom. The molecule has 1 N–H and O–H groups in total. The summed E-state index contributed by atoms with van der Waals surface area (Å²) < 4.78 is 0. The lowest BCUT2D eigenvalue weighted by atomic mass is 9.97. The van der Waals surface area contributed by atoms with Crippen LogP contribution in [0.15, 0.2) is 30.4 Å². The molecule has 0 aromatic heterocycles. The molecule has 0 aliphatic rings. The van der Waals surface area contributed by atoms with E-state index in [2.05, 4.69) is 6.58 Å². The topological polar surface area (TPSA) is 20.2 Å². The van der Waals surface area contributed by atoms with Crippen molar-refractivity contribution in [2.24, 2.45) is 0 Å². The summed E-state index contributed by atoms with van der Waals surface area (Å²) in [6.45, 7) is 7.87. The zero-order chi connectivity index (χ0) is 11.4. The number of rotatable bonds is 4. The second-order valence-electron chi connectivity index (χ2n) is 3.78. The van der Waals surface area contributed by atoms with Gasteiger partial charge in [-0.25, -0.2) is 0 Å². The van der Waals surface area contributed by atoms with E-state index in [1.807, 2.05) is 32.0 Å². The molecule has 0 fully saturated rings. The predicted octanol–water partition coefficient (Wildman–Crippen LogP) is 4.04. The van der Waals surface area contributed by atoms with E-state index in [0.29, 0.717) is 11.4 Å². The molecule has 0 bridgehead atoms. The van der Waals surface area contributed by atoms with Crippen LogP contribution >= 0.6 is 11.6 Å². The zero-order valence-electron chi connectivity index (χ0n) is 9.26. The molecule has 1 aromatic rings. The molecule has 0 heterocycles. The minimum absolute atomic E-state index is 0.490. The van der Waals surface area contributed by atoms with Crippen molar-refractivity contribution in [1.82, 2.24) is 0 Å². The molecule has 1 nitrogen and oxygen atoms in total. The van der Waals surface area contributed by atoms with E-state index in [1.165, 1.54) is 0 Å². The minimum Gasteiger partial charge on any atom is -0.388 e. The van der Waals surface area contributed by atoms with Gasteiger partial charge >= 0.3 is 0 Å². The van der Waals surface area contributed by atoms with E-state index in [9.17, 15) is 5.11 Å². The normalized spacial score (nSPS) is 12.5. The first-order valence-electron chi connectivity index (χ1n) is 5.16. The lowest BCUT2D eigenvalue weighted by Crippen LogP contribution is -2.01. The Bertz CT molecular complexity index is 358. The summed E-state index contributed by atoms with van der Waals surface area (Å²) in [5, 5.41) is 10.7. The summed E-state index contributed by atoms with van der Waals surface area (Å²) in [5.74, 6) is 0. The Hall–Kier alpha value is -0.790. The average Bonchev–Trinajstić information content (AvgIpc) is 2.21. The fraction of sp³-hybridized carbons (Fsp3) is 0.385. The molecule has 0 spiro atoms. The fourth-order valence-corrected chi connectivity index (χ4v) is 1.69. The van der Waals surface area contributed by atoms with Gasteiger partial charge in [0.05, 0.1) is 6.10 Å². The highest BCUT2D eigenvalue weighted by Crippen LogP contribution is 2.28. The molecule has 0 aliphatic carbocycles. The van der Waals surface area contributed by atoms with Crippen molar-refractivity contribution < 1.29 is 5.11 Å². The van der Waals surface area contributed by atoms with Crippen LogP contribution in [-0.2, 0) is 0 Å². The van der Waals surface area contributed by atoms with Crippen LogP contribution in [0, 0.1) is 6.92 Å². The van der Waals surface area contributed by atoms with E-state index in [-0.39, 0.29) is 0 Å². The van der Waals surface area contributed by atoms with Gasteiger partial charge in [-0.2, -0.15) is 0 Å². The largest absolute Gasteiger partial charge is 0.388 e. The Balaban J connectivity index is 2.86. The number of hydrogen-bond donors (Lipinski definition) is 1. The van der Waals surface area contributed by atoms with Crippen LogP contribution in [0.25, 0.3) is 0 Å². The van der Waals surface area contributed by atoms with Gasteiger partial charge in [0.2, 0.25) is 0 Å². The first kappa shape index (κ1) is 12.3. The average molecular weight is 225 g/mol. The predicted molar refractivity (Wildman–Crippen MR) is 65.2 cm³/mol. The second-order valence-corrected chi connectivity index (χ2v) is 4.18. The molecule has 0 amide bonds. The summed E-state index contributed by atoms with van der Waals surface area (Å²) in [5.41, 5.74) is 2.91. The number of hydrogen-bond acceptors (Lipinski definition) is 1. The molecule has 0 saturated heterocycles. The first-order valence-corrected chi connectivity index (χ1v) is 5.53. The summed E-state index contributed by atoms with van der Waals surface area (Å²) >= 11 is 5.99. The SMILES string of the molecule is C=C(CC)CC(O)c1cccc(Cl)c1C. The highest BCUT2D eigenvalue weighted by atomic mass is 35.5. The smallest absolute Gasteiger partial charge is 0.0830 e. The molecule has 1 atom stereocenters. The quantitative estimate of drug-likeness (QED) is 0.766. The van der Waals surface area contributed by atoms with Crippen LogP contribution in [0.2, 0.25) is 5.02 Å². The minimum atomic E-state index is -0.490. The van der Waals surface area contributed by atoms with Crippen molar-refractivity contribution in [1.29, 1.82) is 0 Å². The van der Waals surface area contributed by atoms with Crippen LogP contribution in [-0.4, -0.2) is 5.11 Å². The van der Waals surface area contributed by atoms with E-state index >= 15 is 0 Å². The Labute approximate surface area is 96.4 Å². The first-order chi connectivity index (χ1) is 7.06. The highest BCUT2D eigenvalue weighted by molar-refractivity contribution is 6.31. The number of aliphatic hydroxyl groups is 1. The maximum Gasteiger partial charge on any atom is 0.0830 e. The zero-order valence-corrected chi connectivity index (χ0v) is 10.0. The Morgan fingerprint density at radius 1 is 1.53 bits per heavy atom. The summed E-state index contributed by atoms with van der Waals surface area (Å²) in [7, 11) is 0. The molecule has 1 rings (SSSR count). The third-order valence-corrected chi connectivity index (χ3v) is 3.06. The van der Waals surface area contributed by atoms with Crippen molar-refractivity contribution in [2.75, 3.05) is 0 Å². The van der Waals surface area contributed by atoms with Crippen molar-refractivity contribution in [3.63, 3.8) is 0 Å². The van der Waals surface area contributed by atoms with E-state index in [4.69, 9.17) is 11.6 Å². The molecule has 15 heavy (non-hydrogen) atoms. The van der Waals surface area contributed by atoms with Gasteiger partial charge in [0, 0.05) is 5.02 Å². The summed E-state index contributed by atoms with van der Waals surface area (Å²) in [6.07, 6.45) is 1.02. The Kier molecular flexibility index (Phi) is 4.37. The van der Waals surface area contributed by atoms with Gasteiger partial charge in [0.25, 0.3) is 0 Å². The van der Waals surface area contributed by atoms with E-state index in [0.717, 1.165) is 23.1 Å². The number of halogens is 1. The van der Waals surface area contributed by atoms with Crippen LogP contribution in [0.1, 0.15) is 37.0 Å². The summed E-state index contributed by atoms with van der Waals surface area (Å²) in [6, 6.07) is 5.61. The van der Waals surface area contributed by atoms with Gasteiger partial charge in [0.15, 0.2) is 0 Å². The monoisotopic (exact) mass is 224 g/mol. The molecule has 0 radical (unpaired) electrons. The van der Waals surface area contributed by atoms with Crippen molar-refractivity contribution in [3.8, 4) is 0 Å². The Morgan fingerprint density at radius 2 is 2.20 bits per heavy atom. The maximum atomic E-state index is 10.0. The third-order valence-electron chi connectivity index (χ3n) is 2.65. The van der Waals surface area contributed by atoms with Crippen LogP contribution in [0.5, 0.6) is 0 Å². The van der Waals surface area contributed by atoms with Gasteiger partial charge < -0.3 is 5.11 Å². The molecule has 0 saturated carbocycles. The van der Waals surface area contributed by atoms with Gasteiger partial charge in [-0.1, -0.05) is 42.8 Å². The van der Waals surface area contributed by atoms with Gasteiger partial charge in [-0.05, 0) is 37.0 Å². The van der Waals surface area contributed by atoms with Crippen molar-refractivity contribution >= 4 is 11.6 Å². The number of benzene rings is 1.